The SMILES string of the molecule is Nc1ccc2ccccc2c1-c1c(O)ccc2cc(-c3ccccc3)ccc12. The molecule has 5 aromatic rings. The average molecular weight is 361 g/mol. The summed E-state index contributed by atoms with van der Waals surface area (Å²) in [6.45, 7) is 0. The molecule has 0 amide bonds. The van der Waals surface area contributed by atoms with Gasteiger partial charge < -0.3 is 10.8 Å². The number of nitrogens with two attached hydrogens (primary N) is 1. The Balaban J connectivity index is 1.82. The van der Waals surface area contributed by atoms with Gasteiger partial charge in [0.1, 0.15) is 5.75 Å². The van der Waals surface area contributed by atoms with Crippen molar-refractivity contribution in [1.29, 1.82) is 0 Å². The normalized spacial score (nSPS) is 11.1. The Morgan fingerprint density at radius 2 is 1.25 bits per heavy atom. The van der Waals surface area contributed by atoms with Crippen LogP contribution >= 0.6 is 0 Å². The Kier molecular flexibility index (Phi) is 3.77. The molecule has 0 unspecified atom stereocenters. The predicted molar refractivity (Wildman–Crippen MR) is 118 cm³/mol. The molecule has 2 heteroatoms. The van der Waals surface area contributed by atoms with Crippen LogP contribution in [-0.4, -0.2) is 5.11 Å². The summed E-state index contributed by atoms with van der Waals surface area (Å²) in [5.41, 5.74) is 11.0. The van der Waals surface area contributed by atoms with E-state index in [0.717, 1.165) is 38.2 Å². The summed E-state index contributed by atoms with van der Waals surface area (Å²) < 4.78 is 0. The van der Waals surface area contributed by atoms with Crippen molar-refractivity contribution < 1.29 is 5.11 Å². The van der Waals surface area contributed by atoms with Gasteiger partial charge in [-0.05, 0) is 50.9 Å². The number of rotatable bonds is 2. The first kappa shape index (κ1) is 16.4. The zero-order valence-corrected chi connectivity index (χ0v) is 15.3. The van der Waals surface area contributed by atoms with Gasteiger partial charge in [0.2, 0.25) is 0 Å². The molecule has 0 fully saturated rings. The lowest BCUT2D eigenvalue weighted by atomic mass is 9.90. The number of benzene rings is 5. The van der Waals surface area contributed by atoms with Crippen LogP contribution in [0.2, 0.25) is 0 Å². The summed E-state index contributed by atoms with van der Waals surface area (Å²) in [6, 6.07) is 32.4. The molecule has 0 aliphatic carbocycles. The van der Waals surface area contributed by atoms with Crippen LogP contribution in [0, 0.1) is 0 Å². The fraction of sp³-hybridized carbons (Fsp3) is 0. The number of phenols is 1. The van der Waals surface area contributed by atoms with Gasteiger partial charge in [0, 0.05) is 16.8 Å². The summed E-state index contributed by atoms with van der Waals surface area (Å²) in [7, 11) is 0. The molecular weight excluding hydrogens is 342 g/mol. The van der Waals surface area contributed by atoms with Gasteiger partial charge in [0.15, 0.2) is 0 Å². The van der Waals surface area contributed by atoms with Crippen LogP contribution in [0.1, 0.15) is 0 Å². The van der Waals surface area contributed by atoms with E-state index in [1.807, 2.05) is 48.5 Å². The van der Waals surface area contributed by atoms with Gasteiger partial charge >= 0.3 is 0 Å². The van der Waals surface area contributed by atoms with E-state index < -0.39 is 0 Å². The third-order valence-corrected chi connectivity index (χ3v) is 5.32. The molecule has 0 atom stereocenters. The van der Waals surface area contributed by atoms with Gasteiger partial charge in [-0.3, -0.25) is 0 Å². The molecule has 3 N–H and O–H groups in total. The molecule has 0 aromatic heterocycles. The molecule has 0 saturated carbocycles. The van der Waals surface area contributed by atoms with Crippen LogP contribution in [0.5, 0.6) is 5.75 Å². The van der Waals surface area contributed by atoms with Crippen LogP contribution in [-0.2, 0) is 0 Å². The highest BCUT2D eigenvalue weighted by atomic mass is 16.3. The lowest BCUT2D eigenvalue weighted by Crippen LogP contribution is -1.93. The van der Waals surface area contributed by atoms with Crippen molar-refractivity contribution in [3.05, 3.63) is 97.1 Å². The van der Waals surface area contributed by atoms with Gasteiger partial charge in [0.25, 0.3) is 0 Å². The fourth-order valence-electron chi connectivity index (χ4n) is 3.96. The van der Waals surface area contributed by atoms with Crippen molar-refractivity contribution in [3.8, 4) is 28.0 Å². The molecule has 0 aliphatic heterocycles. The fourth-order valence-corrected chi connectivity index (χ4v) is 3.96. The van der Waals surface area contributed by atoms with Crippen molar-refractivity contribution in [2.45, 2.75) is 0 Å². The standard InChI is InChI=1S/C26H19NO/c27-23-14-11-18-8-4-5-9-21(18)25(23)26-22-13-10-19(17-6-2-1-3-7-17)16-20(22)12-15-24(26)28/h1-16,28H,27H2. The zero-order valence-electron chi connectivity index (χ0n) is 15.3. The minimum absolute atomic E-state index is 0.239. The average Bonchev–Trinajstić information content (AvgIpc) is 2.75. The number of hydrogen-bond acceptors (Lipinski definition) is 2. The maximum absolute atomic E-state index is 10.8. The Bertz CT molecular complexity index is 1320. The van der Waals surface area contributed by atoms with Gasteiger partial charge in [0.05, 0.1) is 0 Å². The van der Waals surface area contributed by atoms with Crippen molar-refractivity contribution in [1.82, 2.24) is 0 Å². The molecule has 0 bridgehead atoms. The Labute approximate surface area is 163 Å². The highest BCUT2D eigenvalue weighted by Gasteiger charge is 2.16. The Hall–Kier alpha value is -3.78. The molecule has 0 heterocycles. The van der Waals surface area contributed by atoms with Gasteiger partial charge in [-0.2, -0.15) is 0 Å². The summed E-state index contributed by atoms with van der Waals surface area (Å²) in [5.74, 6) is 0.239. The van der Waals surface area contributed by atoms with Crippen LogP contribution in [0.3, 0.4) is 0 Å². The first-order chi connectivity index (χ1) is 13.7. The lowest BCUT2D eigenvalue weighted by Gasteiger charge is -2.15. The van der Waals surface area contributed by atoms with Crippen molar-refractivity contribution >= 4 is 27.2 Å². The van der Waals surface area contributed by atoms with E-state index in [9.17, 15) is 5.11 Å². The van der Waals surface area contributed by atoms with Crippen LogP contribution < -0.4 is 5.73 Å². The van der Waals surface area contributed by atoms with Crippen LogP contribution in [0.4, 0.5) is 5.69 Å². The Morgan fingerprint density at radius 3 is 2.11 bits per heavy atom. The summed E-state index contributed by atoms with van der Waals surface area (Å²) in [4.78, 5) is 0. The summed E-state index contributed by atoms with van der Waals surface area (Å²) in [5, 5.41) is 15.0. The molecule has 134 valence electrons. The highest BCUT2D eigenvalue weighted by Crippen LogP contribution is 2.43. The second kappa shape index (κ2) is 6.43. The maximum Gasteiger partial charge on any atom is 0.124 e. The minimum atomic E-state index is 0.239. The van der Waals surface area contributed by atoms with E-state index in [1.165, 1.54) is 5.56 Å². The molecule has 2 nitrogen and oxygen atoms in total. The second-order valence-electron chi connectivity index (χ2n) is 7.01. The number of aromatic hydroxyl groups is 1. The number of nitrogen functional groups attached to an aromatic ring is 1. The van der Waals surface area contributed by atoms with Gasteiger partial charge in [-0.25, -0.2) is 0 Å². The molecule has 0 saturated heterocycles. The van der Waals surface area contributed by atoms with E-state index in [1.54, 1.807) is 6.07 Å². The third kappa shape index (κ3) is 2.58. The van der Waals surface area contributed by atoms with E-state index in [4.69, 9.17) is 5.73 Å². The molecule has 0 radical (unpaired) electrons. The predicted octanol–water partition coefficient (Wildman–Crippen LogP) is 6.61. The zero-order chi connectivity index (χ0) is 19.1. The van der Waals surface area contributed by atoms with Crippen molar-refractivity contribution in [2.24, 2.45) is 0 Å². The van der Waals surface area contributed by atoms with Crippen LogP contribution in [0.15, 0.2) is 97.1 Å². The minimum Gasteiger partial charge on any atom is -0.507 e. The third-order valence-electron chi connectivity index (χ3n) is 5.32. The van der Waals surface area contributed by atoms with E-state index in [0.29, 0.717) is 5.69 Å². The number of fused-ring (bicyclic) bond motifs is 2. The Morgan fingerprint density at radius 1 is 0.536 bits per heavy atom. The highest BCUT2D eigenvalue weighted by molar-refractivity contribution is 6.11. The number of phenolic OH excluding ortho intramolecular Hbond substituents is 1. The second-order valence-corrected chi connectivity index (χ2v) is 7.01. The van der Waals surface area contributed by atoms with Gasteiger partial charge in [-0.1, -0.05) is 78.9 Å². The van der Waals surface area contributed by atoms with Crippen molar-refractivity contribution in [3.63, 3.8) is 0 Å². The molecule has 0 spiro atoms. The number of hydrogen-bond donors (Lipinski definition) is 2. The van der Waals surface area contributed by atoms with Crippen LogP contribution in [0.25, 0.3) is 43.8 Å². The van der Waals surface area contributed by atoms with E-state index in [2.05, 4.69) is 42.5 Å². The van der Waals surface area contributed by atoms with Crippen molar-refractivity contribution in [2.75, 3.05) is 5.73 Å². The number of anilines is 1. The maximum atomic E-state index is 10.8. The quantitative estimate of drug-likeness (QED) is 0.347. The van der Waals surface area contributed by atoms with Gasteiger partial charge in [-0.15, -0.1) is 0 Å². The smallest absolute Gasteiger partial charge is 0.124 e. The molecule has 28 heavy (non-hydrogen) atoms. The first-order valence-corrected chi connectivity index (χ1v) is 9.31. The first-order valence-electron chi connectivity index (χ1n) is 9.31. The molecule has 0 aliphatic rings. The van der Waals surface area contributed by atoms with E-state index in [-0.39, 0.29) is 5.75 Å². The molecule has 5 aromatic carbocycles. The van der Waals surface area contributed by atoms with E-state index >= 15 is 0 Å². The lowest BCUT2D eigenvalue weighted by molar-refractivity contribution is 0.478. The molecular formula is C26H19NO. The largest absolute Gasteiger partial charge is 0.507 e. The topological polar surface area (TPSA) is 46.2 Å². The summed E-state index contributed by atoms with van der Waals surface area (Å²) >= 11 is 0. The molecule has 5 rings (SSSR count). The monoisotopic (exact) mass is 361 g/mol. The summed E-state index contributed by atoms with van der Waals surface area (Å²) in [6.07, 6.45) is 0.